The zero-order valence-electron chi connectivity index (χ0n) is 11.6. The Kier molecular flexibility index (Phi) is 4.22. The molecule has 1 aromatic carbocycles. The van der Waals surface area contributed by atoms with Gasteiger partial charge in [0, 0.05) is 23.0 Å². The zero-order valence-corrected chi connectivity index (χ0v) is 13.1. The second-order valence-electron chi connectivity index (χ2n) is 5.07. The van der Waals surface area contributed by atoms with Crippen molar-refractivity contribution in [2.45, 2.75) is 31.8 Å². The first-order chi connectivity index (χ1) is 10.1. The number of aromatic nitrogens is 2. The highest BCUT2D eigenvalue weighted by atomic mass is 35.5. The van der Waals surface area contributed by atoms with E-state index < -0.39 is 5.79 Å². The van der Waals surface area contributed by atoms with Gasteiger partial charge in [-0.1, -0.05) is 36.2 Å². The van der Waals surface area contributed by atoms with Gasteiger partial charge in [-0.25, -0.2) is 4.98 Å². The Bertz CT molecular complexity index is 618. The van der Waals surface area contributed by atoms with Gasteiger partial charge in [-0.05, 0) is 18.6 Å². The van der Waals surface area contributed by atoms with E-state index in [1.165, 1.54) is 0 Å². The van der Waals surface area contributed by atoms with Crippen LogP contribution >= 0.6 is 23.2 Å². The maximum atomic E-state index is 6.36. The van der Waals surface area contributed by atoms with E-state index in [4.69, 9.17) is 32.7 Å². The number of ether oxygens (including phenoxy) is 2. The molecule has 4 nitrogen and oxygen atoms in total. The number of hydrogen-bond donors (Lipinski definition) is 0. The molecule has 0 amide bonds. The van der Waals surface area contributed by atoms with Crippen molar-refractivity contribution in [3.05, 3.63) is 52.5 Å². The van der Waals surface area contributed by atoms with Gasteiger partial charge in [-0.3, -0.25) is 0 Å². The summed E-state index contributed by atoms with van der Waals surface area (Å²) in [4.78, 5) is 4.06. The van der Waals surface area contributed by atoms with E-state index in [9.17, 15) is 0 Å². The minimum Gasteiger partial charge on any atom is -0.342 e. The Labute approximate surface area is 133 Å². The van der Waals surface area contributed by atoms with Crippen LogP contribution in [-0.4, -0.2) is 22.3 Å². The van der Waals surface area contributed by atoms with E-state index in [2.05, 4.69) is 11.9 Å². The number of nitrogens with zero attached hydrogens (tertiary/aromatic N) is 2. The molecule has 3 rings (SSSR count). The second-order valence-corrected chi connectivity index (χ2v) is 5.91. The predicted molar refractivity (Wildman–Crippen MR) is 81.5 cm³/mol. The molecular formula is C15H16Cl2N2O2. The maximum absolute atomic E-state index is 6.36. The largest absolute Gasteiger partial charge is 0.342 e. The molecule has 2 heterocycles. The van der Waals surface area contributed by atoms with Gasteiger partial charge >= 0.3 is 0 Å². The van der Waals surface area contributed by atoms with Crippen LogP contribution in [0.1, 0.15) is 18.9 Å². The van der Waals surface area contributed by atoms with E-state index in [1.54, 1.807) is 24.7 Å². The van der Waals surface area contributed by atoms with Crippen molar-refractivity contribution in [1.29, 1.82) is 0 Å². The van der Waals surface area contributed by atoms with Crippen LogP contribution in [0.4, 0.5) is 0 Å². The zero-order chi connectivity index (χ0) is 14.9. The molecule has 0 N–H and O–H groups in total. The molecule has 2 atom stereocenters. The summed E-state index contributed by atoms with van der Waals surface area (Å²) < 4.78 is 14.1. The van der Waals surface area contributed by atoms with E-state index in [0.717, 1.165) is 12.0 Å². The van der Waals surface area contributed by atoms with Crippen LogP contribution in [-0.2, 0) is 21.8 Å². The normalized spacial score (nSPS) is 25.4. The number of imidazole rings is 1. The molecule has 2 aromatic rings. The molecule has 1 aliphatic heterocycles. The minimum atomic E-state index is -0.900. The lowest BCUT2D eigenvalue weighted by molar-refractivity contribution is -0.187. The van der Waals surface area contributed by atoms with Gasteiger partial charge in [0.2, 0.25) is 5.79 Å². The Hall–Kier alpha value is -1.07. The summed E-state index contributed by atoms with van der Waals surface area (Å²) >= 11 is 12.3. The summed E-state index contributed by atoms with van der Waals surface area (Å²) in [6.45, 7) is 3.11. The fraction of sp³-hybridized carbons (Fsp3) is 0.400. The van der Waals surface area contributed by atoms with Crippen molar-refractivity contribution >= 4 is 23.2 Å². The Morgan fingerprint density at radius 3 is 2.90 bits per heavy atom. The molecule has 0 radical (unpaired) electrons. The van der Waals surface area contributed by atoms with Crippen LogP contribution in [0.2, 0.25) is 10.0 Å². The van der Waals surface area contributed by atoms with Gasteiger partial charge in [0.1, 0.15) is 0 Å². The third kappa shape index (κ3) is 2.94. The van der Waals surface area contributed by atoms with Crippen molar-refractivity contribution in [1.82, 2.24) is 9.55 Å². The van der Waals surface area contributed by atoms with Gasteiger partial charge in [0.25, 0.3) is 0 Å². The Morgan fingerprint density at radius 1 is 1.43 bits per heavy atom. The highest BCUT2D eigenvalue weighted by Gasteiger charge is 2.44. The molecule has 21 heavy (non-hydrogen) atoms. The third-order valence-corrected chi connectivity index (χ3v) is 4.15. The SMILES string of the molecule is CCC1COC(Cn2ccnc2)(c2ccc(Cl)cc2Cl)O1. The van der Waals surface area contributed by atoms with E-state index >= 15 is 0 Å². The molecule has 6 heteroatoms. The first-order valence-corrected chi connectivity index (χ1v) is 7.61. The Balaban J connectivity index is 1.99. The van der Waals surface area contributed by atoms with E-state index in [0.29, 0.717) is 23.2 Å². The summed E-state index contributed by atoms with van der Waals surface area (Å²) in [5.41, 5.74) is 0.790. The molecule has 0 bridgehead atoms. The second kappa shape index (κ2) is 5.97. The first kappa shape index (κ1) is 14.9. The monoisotopic (exact) mass is 326 g/mol. The number of halogens is 2. The molecule has 1 aromatic heterocycles. The van der Waals surface area contributed by atoms with Gasteiger partial charge in [-0.15, -0.1) is 0 Å². The predicted octanol–water partition coefficient (Wildman–Crippen LogP) is 3.87. The average Bonchev–Trinajstić information content (AvgIpc) is 3.09. The van der Waals surface area contributed by atoms with Crippen molar-refractivity contribution in [3.63, 3.8) is 0 Å². The van der Waals surface area contributed by atoms with Crippen LogP contribution in [0.25, 0.3) is 0 Å². The summed E-state index contributed by atoms with van der Waals surface area (Å²) in [7, 11) is 0. The topological polar surface area (TPSA) is 36.3 Å². The van der Waals surface area contributed by atoms with Crippen LogP contribution in [0.5, 0.6) is 0 Å². The van der Waals surface area contributed by atoms with Crippen LogP contribution < -0.4 is 0 Å². The fourth-order valence-corrected chi connectivity index (χ4v) is 3.05. The minimum absolute atomic E-state index is 0.0558. The van der Waals surface area contributed by atoms with Crippen LogP contribution in [0.15, 0.2) is 36.9 Å². The van der Waals surface area contributed by atoms with Gasteiger partial charge in [0.15, 0.2) is 0 Å². The molecule has 0 spiro atoms. The summed E-state index contributed by atoms with van der Waals surface area (Å²) in [5, 5.41) is 1.13. The Morgan fingerprint density at radius 2 is 2.29 bits per heavy atom. The van der Waals surface area contributed by atoms with Gasteiger partial charge in [-0.2, -0.15) is 0 Å². The quantitative estimate of drug-likeness (QED) is 0.855. The number of benzene rings is 1. The third-order valence-electron chi connectivity index (χ3n) is 3.61. The van der Waals surface area contributed by atoms with Crippen LogP contribution in [0.3, 0.4) is 0 Å². The molecule has 1 fully saturated rings. The molecular weight excluding hydrogens is 311 g/mol. The highest BCUT2D eigenvalue weighted by Crippen LogP contribution is 2.40. The lowest BCUT2D eigenvalue weighted by Gasteiger charge is -2.29. The number of hydrogen-bond acceptors (Lipinski definition) is 3. The van der Waals surface area contributed by atoms with E-state index in [-0.39, 0.29) is 6.10 Å². The average molecular weight is 327 g/mol. The van der Waals surface area contributed by atoms with Crippen molar-refractivity contribution < 1.29 is 9.47 Å². The van der Waals surface area contributed by atoms with Gasteiger partial charge in [0.05, 0.1) is 30.6 Å². The van der Waals surface area contributed by atoms with E-state index in [1.807, 2.05) is 16.8 Å². The lowest BCUT2D eigenvalue weighted by atomic mass is 10.1. The highest BCUT2D eigenvalue weighted by molar-refractivity contribution is 6.35. The molecule has 1 saturated heterocycles. The standard InChI is InChI=1S/C15H16Cl2N2O2/c1-2-12-8-20-15(21-12,9-19-6-5-18-10-19)13-4-3-11(16)7-14(13)17/h3-7,10,12H,2,8-9H2,1H3. The first-order valence-electron chi connectivity index (χ1n) is 6.86. The van der Waals surface area contributed by atoms with Crippen molar-refractivity contribution in [2.24, 2.45) is 0 Å². The summed E-state index contributed by atoms with van der Waals surface area (Å²) in [6.07, 6.45) is 6.27. The molecule has 2 unspecified atom stereocenters. The summed E-state index contributed by atoms with van der Waals surface area (Å²) in [5.74, 6) is -0.900. The van der Waals surface area contributed by atoms with Crippen molar-refractivity contribution in [2.75, 3.05) is 6.61 Å². The molecule has 0 aliphatic carbocycles. The fourth-order valence-electron chi connectivity index (χ4n) is 2.49. The molecule has 1 aliphatic rings. The maximum Gasteiger partial charge on any atom is 0.215 e. The lowest BCUT2D eigenvalue weighted by Crippen LogP contribution is -2.33. The number of rotatable bonds is 4. The van der Waals surface area contributed by atoms with Crippen molar-refractivity contribution in [3.8, 4) is 0 Å². The smallest absolute Gasteiger partial charge is 0.215 e. The van der Waals surface area contributed by atoms with Gasteiger partial charge < -0.3 is 14.0 Å². The molecule has 112 valence electrons. The van der Waals surface area contributed by atoms with Crippen LogP contribution in [0, 0.1) is 0 Å². The summed E-state index contributed by atoms with van der Waals surface area (Å²) in [6, 6.07) is 5.37. The molecule has 0 saturated carbocycles.